The number of H-pyrrole nitrogens is 1. The molecule has 0 amide bonds. The first-order valence-corrected chi connectivity index (χ1v) is 8.75. The van der Waals surface area contributed by atoms with Gasteiger partial charge in [-0.25, -0.2) is 4.98 Å². The Morgan fingerprint density at radius 3 is 2.63 bits per heavy atom. The Kier molecular flexibility index (Phi) is 9.91. The first-order valence-electron chi connectivity index (χ1n) is 8.00. The minimum Gasteiger partial charge on any atom is -0.371 e. The van der Waals surface area contributed by atoms with Gasteiger partial charge in [0.2, 0.25) is 0 Å². The van der Waals surface area contributed by atoms with Gasteiger partial charge < -0.3 is 15.6 Å². The molecule has 0 aliphatic carbocycles. The molecule has 2 heterocycles. The summed E-state index contributed by atoms with van der Waals surface area (Å²) in [6.45, 7) is 2.31. The maximum atomic E-state index is 12.0. The zero-order chi connectivity index (χ0) is 17.6. The number of aromatic amines is 1. The molecule has 0 spiro atoms. The molecule has 0 saturated carbocycles. The highest BCUT2D eigenvalue weighted by Gasteiger charge is 2.02. The number of halogens is 4. The Morgan fingerprint density at radius 1 is 1.04 bits per heavy atom. The molecule has 2 aromatic heterocycles. The van der Waals surface area contributed by atoms with E-state index in [-0.39, 0.29) is 30.2 Å². The maximum absolute atomic E-state index is 12.0. The molecule has 9 heteroatoms. The summed E-state index contributed by atoms with van der Waals surface area (Å²) in [6.07, 6.45) is 2.57. The number of hydrogen-bond acceptors (Lipinski definition) is 4. The molecule has 146 valence electrons. The van der Waals surface area contributed by atoms with Crippen molar-refractivity contribution in [2.45, 2.75) is 13.0 Å². The lowest BCUT2D eigenvalue weighted by Crippen LogP contribution is -2.18. The summed E-state index contributed by atoms with van der Waals surface area (Å²) < 4.78 is 0. The lowest BCUT2D eigenvalue weighted by Gasteiger charge is -2.09. The highest BCUT2D eigenvalue weighted by atomic mass is 35.5. The highest BCUT2D eigenvalue weighted by Crippen LogP contribution is 2.22. The molecule has 0 aliphatic rings. The van der Waals surface area contributed by atoms with Crippen LogP contribution in [0.15, 0.2) is 47.4 Å². The van der Waals surface area contributed by atoms with Gasteiger partial charge in [0.15, 0.2) is 5.43 Å². The lowest BCUT2D eigenvalue weighted by molar-refractivity contribution is 0.663. The normalized spacial score (nSPS) is 10.1. The second-order valence-electron chi connectivity index (χ2n) is 5.65. The van der Waals surface area contributed by atoms with Crippen LogP contribution in [-0.2, 0) is 6.54 Å². The predicted octanol–water partition coefficient (Wildman–Crippen LogP) is 4.67. The number of anilines is 1. The van der Waals surface area contributed by atoms with Crippen LogP contribution in [0.25, 0.3) is 11.0 Å². The minimum absolute atomic E-state index is 0. The van der Waals surface area contributed by atoms with Crippen LogP contribution in [0.1, 0.15) is 12.0 Å². The first kappa shape index (κ1) is 23.5. The van der Waals surface area contributed by atoms with Crippen LogP contribution in [0.4, 0.5) is 5.82 Å². The van der Waals surface area contributed by atoms with Crippen LogP contribution < -0.4 is 16.1 Å². The van der Waals surface area contributed by atoms with Gasteiger partial charge in [0.25, 0.3) is 0 Å². The summed E-state index contributed by atoms with van der Waals surface area (Å²) in [4.78, 5) is 19.3. The number of nitrogens with zero attached hydrogens (tertiary/aromatic N) is 1. The fourth-order valence-electron chi connectivity index (χ4n) is 2.49. The molecular weight excluding hydrogens is 430 g/mol. The third-order valence-corrected chi connectivity index (χ3v) is 4.50. The van der Waals surface area contributed by atoms with E-state index in [9.17, 15) is 4.79 Å². The van der Waals surface area contributed by atoms with E-state index in [1.54, 1.807) is 30.5 Å². The number of pyridine rings is 2. The van der Waals surface area contributed by atoms with Crippen LogP contribution in [0.5, 0.6) is 0 Å². The van der Waals surface area contributed by atoms with Crippen molar-refractivity contribution in [2.75, 3.05) is 18.4 Å². The average molecular weight is 450 g/mol. The third-order valence-electron chi connectivity index (χ3n) is 3.76. The molecule has 0 fully saturated rings. The molecule has 0 saturated heterocycles. The Bertz CT molecular complexity index is 933. The van der Waals surface area contributed by atoms with E-state index in [0.29, 0.717) is 26.9 Å². The summed E-state index contributed by atoms with van der Waals surface area (Å²) in [5.41, 5.74) is 1.64. The number of hydrogen-bond donors (Lipinski definition) is 3. The maximum Gasteiger partial charge on any atom is 0.193 e. The van der Waals surface area contributed by atoms with Crippen molar-refractivity contribution < 1.29 is 0 Å². The standard InChI is InChI=1S/C18H18Cl2N4O.2ClH/c19-14-5-4-12(9-15(14)20)11-21-6-2-8-22-17-10-16(25)13-3-1-7-23-18(13)24-17;;/h1,3-5,7,9-10,21H,2,6,8,11H2,(H2,22,23,24,25);2*1H. The molecule has 3 N–H and O–H groups in total. The van der Waals surface area contributed by atoms with Gasteiger partial charge in [-0.1, -0.05) is 29.3 Å². The zero-order valence-electron chi connectivity index (χ0n) is 14.3. The second-order valence-corrected chi connectivity index (χ2v) is 6.47. The largest absolute Gasteiger partial charge is 0.371 e. The quantitative estimate of drug-likeness (QED) is 0.458. The summed E-state index contributed by atoms with van der Waals surface area (Å²) >= 11 is 11.9. The van der Waals surface area contributed by atoms with Crippen molar-refractivity contribution in [2.24, 2.45) is 0 Å². The zero-order valence-corrected chi connectivity index (χ0v) is 17.4. The monoisotopic (exact) mass is 448 g/mol. The topological polar surface area (TPSA) is 69.8 Å². The molecular formula is C18H20Cl4N4O. The number of benzene rings is 1. The molecule has 0 bridgehead atoms. The molecule has 0 unspecified atom stereocenters. The van der Waals surface area contributed by atoms with Crippen LogP contribution in [-0.4, -0.2) is 23.1 Å². The summed E-state index contributed by atoms with van der Waals surface area (Å²) in [6, 6.07) is 10.7. The van der Waals surface area contributed by atoms with E-state index in [0.717, 1.165) is 31.6 Å². The lowest BCUT2D eigenvalue weighted by atomic mass is 10.2. The van der Waals surface area contributed by atoms with E-state index >= 15 is 0 Å². The van der Waals surface area contributed by atoms with E-state index in [1.807, 2.05) is 12.1 Å². The first-order chi connectivity index (χ1) is 12.1. The molecule has 3 rings (SSSR count). The summed E-state index contributed by atoms with van der Waals surface area (Å²) in [5.74, 6) is 0.681. The van der Waals surface area contributed by atoms with Crippen molar-refractivity contribution in [3.05, 3.63) is 68.4 Å². The van der Waals surface area contributed by atoms with Crippen molar-refractivity contribution >= 4 is 64.9 Å². The van der Waals surface area contributed by atoms with Crippen molar-refractivity contribution in [3.8, 4) is 0 Å². The Morgan fingerprint density at radius 2 is 1.85 bits per heavy atom. The number of rotatable bonds is 7. The molecule has 0 aliphatic heterocycles. The fraction of sp³-hybridized carbons (Fsp3) is 0.222. The molecule has 0 atom stereocenters. The van der Waals surface area contributed by atoms with E-state index in [4.69, 9.17) is 23.2 Å². The van der Waals surface area contributed by atoms with Crippen LogP contribution in [0, 0.1) is 0 Å². The van der Waals surface area contributed by atoms with Gasteiger partial charge in [-0.3, -0.25) is 4.79 Å². The van der Waals surface area contributed by atoms with Crippen LogP contribution in [0.3, 0.4) is 0 Å². The third kappa shape index (κ3) is 6.55. The Labute approximate surface area is 179 Å². The smallest absolute Gasteiger partial charge is 0.193 e. The molecule has 5 nitrogen and oxygen atoms in total. The van der Waals surface area contributed by atoms with E-state index in [1.165, 1.54) is 0 Å². The van der Waals surface area contributed by atoms with Crippen LogP contribution >= 0.6 is 48.0 Å². The van der Waals surface area contributed by atoms with Crippen molar-refractivity contribution in [1.29, 1.82) is 0 Å². The molecule has 27 heavy (non-hydrogen) atoms. The van der Waals surface area contributed by atoms with Crippen molar-refractivity contribution in [1.82, 2.24) is 15.3 Å². The average Bonchev–Trinajstić information content (AvgIpc) is 2.61. The minimum atomic E-state index is -0.0397. The highest BCUT2D eigenvalue weighted by molar-refractivity contribution is 6.42. The van der Waals surface area contributed by atoms with Gasteiger partial charge in [0, 0.05) is 25.4 Å². The molecule has 1 aromatic carbocycles. The van der Waals surface area contributed by atoms with Crippen LogP contribution in [0.2, 0.25) is 10.0 Å². The van der Waals surface area contributed by atoms with Gasteiger partial charge in [-0.15, -0.1) is 24.8 Å². The second kappa shape index (κ2) is 11.4. The van der Waals surface area contributed by atoms with Gasteiger partial charge in [0.05, 0.1) is 15.4 Å². The predicted molar refractivity (Wildman–Crippen MR) is 118 cm³/mol. The SMILES string of the molecule is Cl.Cl.O=c1cc(NCCCNCc2ccc(Cl)c(Cl)c2)[nH]c2ncccc12. The number of aromatic nitrogens is 2. The summed E-state index contributed by atoms with van der Waals surface area (Å²) in [5, 5.41) is 8.29. The number of fused-ring (bicyclic) bond motifs is 1. The molecule has 3 aromatic rings. The number of nitrogens with one attached hydrogen (secondary N) is 3. The Balaban J connectivity index is 0.00000182. The fourth-order valence-corrected chi connectivity index (χ4v) is 2.81. The Hall–Kier alpha value is -1.50. The van der Waals surface area contributed by atoms with Gasteiger partial charge in [-0.2, -0.15) is 0 Å². The summed E-state index contributed by atoms with van der Waals surface area (Å²) in [7, 11) is 0. The van der Waals surface area contributed by atoms with E-state index < -0.39 is 0 Å². The van der Waals surface area contributed by atoms with Gasteiger partial charge >= 0.3 is 0 Å². The van der Waals surface area contributed by atoms with Crippen molar-refractivity contribution in [3.63, 3.8) is 0 Å². The molecule has 0 radical (unpaired) electrons. The van der Waals surface area contributed by atoms with Gasteiger partial charge in [-0.05, 0) is 42.8 Å². The van der Waals surface area contributed by atoms with Gasteiger partial charge in [0.1, 0.15) is 11.5 Å². The van der Waals surface area contributed by atoms with E-state index in [2.05, 4.69) is 20.6 Å².